The van der Waals surface area contributed by atoms with Crippen LogP contribution < -0.4 is 0 Å². The first-order chi connectivity index (χ1) is 15.9. The lowest BCUT2D eigenvalue weighted by Gasteiger charge is -2.31. The van der Waals surface area contributed by atoms with E-state index in [4.69, 9.17) is 35.3 Å². The Balaban J connectivity index is 0.000000604. The number of ether oxygens (including phenoxy) is 1. The summed E-state index contributed by atoms with van der Waals surface area (Å²) in [7, 11) is 3.87. The lowest BCUT2D eigenvalue weighted by molar-refractivity contribution is -0.159. The number of hydrogen-bond donors (Lipinski definition) is 2. The molecular weight excluding hydrogens is 391 g/mol. The Hall–Kier alpha value is -3.28. The van der Waals surface area contributed by atoms with Gasteiger partial charge in [-0.25, -0.2) is 14.0 Å². The van der Waals surface area contributed by atoms with E-state index >= 15 is 0 Å². The molecule has 0 radical (unpaired) electrons. The number of fused-ring (bicyclic) bond motifs is 1. The predicted molar refractivity (Wildman–Crippen MR) is 106 cm³/mol. The van der Waals surface area contributed by atoms with E-state index in [2.05, 4.69) is 6.07 Å². The van der Waals surface area contributed by atoms with E-state index in [9.17, 15) is 4.39 Å². The topological polar surface area (TPSA) is 111 Å². The van der Waals surface area contributed by atoms with Gasteiger partial charge in [0.25, 0.3) is 0 Å². The van der Waals surface area contributed by atoms with Gasteiger partial charge in [-0.05, 0) is 74.4 Å². The summed E-state index contributed by atoms with van der Waals surface area (Å²) in [6, 6.07) is 4.92. The molecule has 1 atom stereocenters. The maximum atomic E-state index is 14.1. The molecule has 158 valence electrons. The Morgan fingerprint density at radius 3 is 2.43 bits per heavy atom. The molecule has 0 spiro atoms. The van der Waals surface area contributed by atoms with Crippen LogP contribution in [0.4, 0.5) is 4.39 Å². The Kier molecular flexibility index (Phi) is 5.83. The SMILES string of the molecule is O=C(O)C(=O)O.[2H]c1c([2H])c(C2(CCCN(C)C)OCc3cc(C#N)ccc32)c([2H])c([2H])c1F. The molecule has 2 aromatic rings. The molecule has 8 heteroatoms. The number of nitrogens with zero attached hydrogens (tertiary/aromatic N) is 2. The average molecular weight is 418 g/mol. The highest BCUT2D eigenvalue weighted by Gasteiger charge is 2.41. The molecule has 2 aromatic carbocycles. The number of rotatable bonds is 5. The highest BCUT2D eigenvalue weighted by atomic mass is 19.1. The lowest BCUT2D eigenvalue weighted by atomic mass is 9.81. The summed E-state index contributed by atoms with van der Waals surface area (Å²) < 4.78 is 52.7. The molecule has 1 heterocycles. The Bertz CT molecular complexity index is 1130. The number of benzene rings is 2. The van der Waals surface area contributed by atoms with E-state index in [0.717, 1.165) is 12.1 Å². The highest BCUT2D eigenvalue weighted by Crippen LogP contribution is 2.45. The minimum atomic E-state index is -1.82. The fraction of sp³-hybridized carbons (Fsp3) is 0.318. The quantitative estimate of drug-likeness (QED) is 0.718. The van der Waals surface area contributed by atoms with Crippen LogP contribution >= 0.6 is 0 Å². The van der Waals surface area contributed by atoms with Crippen molar-refractivity contribution in [2.45, 2.75) is 25.0 Å². The van der Waals surface area contributed by atoms with E-state index in [1.165, 1.54) is 0 Å². The summed E-state index contributed by atoms with van der Waals surface area (Å²) in [6.07, 6.45) is 1.08. The van der Waals surface area contributed by atoms with Crippen LogP contribution in [-0.4, -0.2) is 47.7 Å². The molecule has 0 saturated carbocycles. The maximum absolute atomic E-state index is 14.1. The van der Waals surface area contributed by atoms with Crippen LogP contribution in [0.25, 0.3) is 0 Å². The molecule has 0 fully saturated rings. The molecule has 3 rings (SSSR count). The summed E-state index contributed by atoms with van der Waals surface area (Å²) in [5.41, 5.74) is 0.784. The van der Waals surface area contributed by atoms with Crippen molar-refractivity contribution >= 4 is 11.9 Å². The van der Waals surface area contributed by atoms with Crippen LogP contribution in [0.5, 0.6) is 0 Å². The molecular formula is C22H23FN2O5. The van der Waals surface area contributed by atoms with E-state index in [0.29, 0.717) is 24.0 Å². The first kappa shape index (κ1) is 17.6. The smallest absolute Gasteiger partial charge is 0.414 e. The minimum Gasteiger partial charge on any atom is -0.473 e. The Labute approximate surface area is 179 Å². The molecule has 0 bridgehead atoms. The second kappa shape index (κ2) is 9.96. The third kappa shape index (κ3) is 5.41. The van der Waals surface area contributed by atoms with Gasteiger partial charge in [0.2, 0.25) is 0 Å². The summed E-state index contributed by atoms with van der Waals surface area (Å²) in [5.74, 6) is -4.81. The number of hydrogen-bond acceptors (Lipinski definition) is 5. The number of nitriles is 1. The van der Waals surface area contributed by atoms with Gasteiger partial charge in [0.15, 0.2) is 0 Å². The van der Waals surface area contributed by atoms with Crippen molar-refractivity contribution in [3.05, 3.63) is 70.4 Å². The molecule has 0 aliphatic carbocycles. The van der Waals surface area contributed by atoms with Gasteiger partial charge in [-0.1, -0.05) is 18.2 Å². The summed E-state index contributed by atoms with van der Waals surface area (Å²) in [4.78, 5) is 20.2. The summed E-state index contributed by atoms with van der Waals surface area (Å²) >= 11 is 0. The lowest BCUT2D eigenvalue weighted by Crippen LogP contribution is -2.28. The van der Waals surface area contributed by atoms with Gasteiger partial charge >= 0.3 is 11.9 Å². The van der Waals surface area contributed by atoms with E-state index in [1.807, 2.05) is 19.0 Å². The number of halogens is 1. The molecule has 1 unspecified atom stereocenters. The first-order valence-corrected chi connectivity index (χ1v) is 8.92. The van der Waals surface area contributed by atoms with Crippen molar-refractivity contribution in [1.82, 2.24) is 4.90 Å². The second-order valence-electron chi connectivity index (χ2n) is 6.81. The van der Waals surface area contributed by atoms with Crippen LogP contribution in [-0.2, 0) is 26.5 Å². The largest absolute Gasteiger partial charge is 0.473 e. The standard InChI is InChI=1S/C20H21FN2O.C2H2O4/c1-23(2)11-3-10-20(17-5-7-18(21)8-6-17)19-9-4-15(13-22)12-16(19)14-24-20;3-1(4)2(5)6/h4-9,12H,3,10-11,14H2,1-2H3;(H,3,4)(H,5,6)/i5D,6D,7D,8D;. The number of carboxylic acids is 2. The van der Waals surface area contributed by atoms with Crippen LogP contribution in [0.1, 0.15) is 40.6 Å². The van der Waals surface area contributed by atoms with Crippen molar-refractivity contribution in [3.63, 3.8) is 0 Å². The summed E-state index contributed by atoms with van der Waals surface area (Å²) in [6.45, 7) is 0.920. The average Bonchev–Trinajstić information content (AvgIpc) is 3.15. The molecule has 0 saturated heterocycles. The number of aliphatic carboxylic acids is 2. The van der Waals surface area contributed by atoms with Gasteiger partial charge in [0.1, 0.15) is 11.4 Å². The van der Waals surface area contributed by atoms with Gasteiger partial charge in [0.05, 0.1) is 23.7 Å². The van der Waals surface area contributed by atoms with Gasteiger partial charge in [-0.3, -0.25) is 0 Å². The normalized spacial score (nSPS) is 18.8. The molecule has 2 N–H and O–H groups in total. The fourth-order valence-corrected chi connectivity index (χ4v) is 3.14. The predicted octanol–water partition coefficient (Wildman–Crippen LogP) is 2.97. The van der Waals surface area contributed by atoms with E-state index in [1.54, 1.807) is 18.2 Å². The zero-order valence-electron chi connectivity index (χ0n) is 20.5. The molecule has 1 aliphatic heterocycles. The van der Waals surface area contributed by atoms with E-state index in [-0.39, 0.29) is 12.2 Å². The van der Waals surface area contributed by atoms with E-state index < -0.39 is 47.5 Å². The number of carbonyl (C=O) groups is 2. The zero-order chi connectivity index (χ0) is 25.8. The molecule has 7 nitrogen and oxygen atoms in total. The van der Waals surface area contributed by atoms with Gasteiger partial charge in [-0.15, -0.1) is 0 Å². The van der Waals surface area contributed by atoms with Crippen molar-refractivity contribution in [2.75, 3.05) is 20.6 Å². The number of carboxylic acid groups (broad SMARTS) is 2. The van der Waals surface area contributed by atoms with Crippen molar-refractivity contribution in [3.8, 4) is 6.07 Å². The van der Waals surface area contributed by atoms with Crippen LogP contribution in [0.2, 0.25) is 0 Å². The monoisotopic (exact) mass is 418 g/mol. The third-order valence-corrected chi connectivity index (χ3v) is 4.46. The van der Waals surface area contributed by atoms with Crippen LogP contribution in [0, 0.1) is 17.1 Å². The zero-order valence-corrected chi connectivity index (χ0v) is 16.5. The van der Waals surface area contributed by atoms with Crippen LogP contribution in [0.3, 0.4) is 0 Å². The molecule has 0 aromatic heterocycles. The minimum absolute atomic E-state index is 0.0473. The Morgan fingerprint density at radius 1 is 1.27 bits per heavy atom. The second-order valence-corrected chi connectivity index (χ2v) is 6.81. The maximum Gasteiger partial charge on any atom is 0.414 e. The first-order valence-electron chi connectivity index (χ1n) is 10.9. The Morgan fingerprint density at radius 2 is 1.90 bits per heavy atom. The molecule has 1 aliphatic rings. The van der Waals surface area contributed by atoms with Crippen molar-refractivity contribution in [1.29, 1.82) is 5.26 Å². The highest BCUT2D eigenvalue weighted by molar-refractivity contribution is 6.27. The van der Waals surface area contributed by atoms with Crippen LogP contribution in [0.15, 0.2) is 42.4 Å². The molecule has 30 heavy (non-hydrogen) atoms. The van der Waals surface area contributed by atoms with Gasteiger partial charge in [0, 0.05) is 0 Å². The van der Waals surface area contributed by atoms with Gasteiger partial charge < -0.3 is 19.8 Å². The van der Waals surface area contributed by atoms with Gasteiger partial charge in [-0.2, -0.15) is 5.26 Å². The van der Waals surface area contributed by atoms with Crippen molar-refractivity contribution < 1.29 is 34.4 Å². The fourth-order valence-electron chi connectivity index (χ4n) is 3.14. The summed E-state index contributed by atoms with van der Waals surface area (Å²) in [5, 5.41) is 23.9. The third-order valence-electron chi connectivity index (χ3n) is 4.46. The molecule has 0 amide bonds. The van der Waals surface area contributed by atoms with Crippen molar-refractivity contribution in [2.24, 2.45) is 0 Å².